The van der Waals surface area contributed by atoms with Gasteiger partial charge in [0.25, 0.3) is 0 Å². The summed E-state index contributed by atoms with van der Waals surface area (Å²) in [5, 5.41) is 15.1. The number of carbonyl (C=O) groups excluding carboxylic acids is 1. The van der Waals surface area contributed by atoms with Crippen molar-refractivity contribution in [3.8, 4) is 0 Å². The first-order chi connectivity index (χ1) is 13.1. The molecule has 0 saturated heterocycles. The van der Waals surface area contributed by atoms with Gasteiger partial charge < -0.3 is 14.8 Å². The number of aromatic nitrogens is 1. The average molecular weight is 400 g/mol. The molecule has 1 amide bonds. The number of carbonyl (C=O) groups is 1. The van der Waals surface area contributed by atoms with E-state index in [-0.39, 0.29) is 12.5 Å². The molecule has 0 aliphatic rings. The van der Waals surface area contributed by atoms with Crippen LogP contribution in [0.2, 0.25) is 0 Å². The molecule has 0 saturated carbocycles. The molecular formula is C19H16N2O4S2. The van der Waals surface area contributed by atoms with Crippen LogP contribution in [0.5, 0.6) is 0 Å². The van der Waals surface area contributed by atoms with Gasteiger partial charge in [0.2, 0.25) is 5.91 Å². The first-order valence-corrected chi connectivity index (χ1v) is 9.96. The molecule has 0 aliphatic heterocycles. The Morgan fingerprint density at radius 1 is 1.15 bits per heavy atom. The highest BCUT2D eigenvalue weighted by Crippen LogP contribution is 2.30. The zero-order valence-corrected chi connectivity index (χ0v) is 15.8. The topological polar surface area (TPSA) is 84.5 Å². The monoisotopic (exact) mass is 400 g/mol. The van der Waals surface area contributed by atoms with E-state index in [0.717, 1.165) is 14.6 Å². The van der Waals surface area contributed by atoms with Crippen LogP contribution in [0, 0.1) is 0 Å². The molecule has 6 nitrogen and oxygen atoms in total. The molecule has 1 aromatic carbocycles. The standard InChI is InChI=1S/C19H16N2O4S2/c22-17(11-21-13-4-1-2-5-14(13)25-19(21)24)20-10-12-7-8-16(27-12)18(23)15-6-3-9-26-15/h1-9,18,23H,10-11H2,(H,20,22). The van der Waals surface area contributed by atoms with Crippen molar-refractivity contribution < 1.29 is 14.3 Å². The highest BCUT2D eigenvalue weighted by Gasteiger charge is 2.15. The van der Waals surface area contributed by atoms with Gasteiger partial charge in [0.1, 0.15) is 12.6 Å². The van der Waals surface area contributed by atoms with Gasteiger partial charge in [-0.05, 0) is 35.7 Å². The molecule has 0 radical (unpaired) electrons. The van der Waals surface area contributed by atoms with Crippen LogP contribution in [-0.4, -0.2) is 15.6 Å². The van der Waals surface area contributed by atoms with Crippen LogP contribution in [-0.2, 0) is 17.9 Å². The van der Waals surface area contributed by atoms with Crippen molar-refractivity contribution in [2.75, 3.05) is 0 Å². The number of nitrogens with one attached hydrogen (secondary N) is 1. The summed E-state index contributed by atoms with van der Waals surface area (Å²) in [4.78, 5) is 26.8. The number of aliphatic hydroxyl groups excluding tert-OH is 1. The number of fused-ring (bicyclic) bond motifs is 1. The van der Waals surface area contributed by atoms with Gasteiger partial charge in [0.15, 0.2) is 5.58 Å². The van der Waals surface area contributed by atoms with Crippen molar-refractivity contribution in [3.05, 3.63) is 79.1 Å². The molecular weight excluding hydrogens is 384 g/mol. The SMILES string of the molecule is O=C(Cn1c(=O)oc2ccccc21)NCc1ccc(C(O)c2cccs2)s1. The van der Waals surface area contributed by atoms with Gasteiger partial charge in [-0.1, -0.05) is 18.2 Å². The van der Waals surface area contributed by atoms with Crippen molar-refractivity contribution >= 4 is 39.7 Å². The minimum Gasteiger partial charge on any atom is -0.408 e. The molecule has 4 aromatic rings. The van der Waals surface area contributed by atoms with Crippen molar-refractivity contribution in [1.29, 1.82) is 0 Å². The summed E-state index contributed by atoms with van der Waals surface area (Å²) in [7, 11) is 0. The minimum absolute atomic E-state index is 0.105. The Morgan fingerprint density at radius 3 is 2.81 bits per heavy atom. The number of hydrogen-bond acceptors (Lipinski definition) is 6. The van der Waals surface area contributed by atoms with E-state index in [4.69, 9.17) is 4.42 Å². The van der Waals surface area contributed by atoms with Crippen LogP contribution in [0.4, 0.5) is 0 Å². The Hall–Kier alpha value is -2.68. The molecule has 0 fully saturated rings. The molecule has 3 aromatic heterocycles. The largest absolute Gasteiger partial charge is 0.420 e. The third-order valence-corrected chi connectivity index (χ3v) is 6.16. The molecule has 0 bridgehead atoms. The first kappa shape index (κ1) is 17.7. The molecule has 0 spiro atoms. The van der Waals surface area contributed by atoms with Crippen LogP contribution in [0.3, 0.4) is 0 Å². The van der Waals surface area contributed by atoms with Crippen LogP contribution >= 0.6 is 22.7 Å². The molecule has 1 atom stereocenters. The predicted octanol–water partition coefficient (Wildman–Crippen LogP) is 3.12. The van der Waals surface area contributed by atoms with Gasteiger partial charge in [-0.15, -0.1) is 22.7 Å². The lowest BCUT2D eigenvalue weighted by molar-refractivity contribution is -0.121. The van der Waals surface area contributed by atoms with Crippen LogP contribution in [0.15, 0.2) is 63.1 Å². The molecule has 4 rings (SSSR count). The Morgan fingerprint density at radius 2 is 2.00 bits per heavy atom. The summed E-state index contributed by atoms with van der Waals surface area (Å²) in [6.45, 7) is 0.233. The van der Waals surface area contributed by atoms with Gasteiger partial charge in [-0.2, -0.15) is 0 Å². The molecule has 27 heavy (non-hydrogen) atoms. The summed E-state index contributed by atoms with van der Waals surface area (Å²) in [5.74, 6) is -0.832. The number of para-hydroxylation sites is 2. The summed E-state index contributed by atoms with van der Waals surface area (Å²) in [6.07, 6.45) is -0.643. The van der Waals surface area contributed by atoms with E-state index >= 15 is 0 Å². The molecule has 3 heterocycles. The van der Waals surface area contributed by atoms with Gasteiger partial charge in [-0.3, -0.25) is 9.36 Å². The second-order valence-corrected chi connectivity index (χ2v) is 8.10. The number of benzene rings is 1. The number of hydrogen-bond donors (Lipinski definition) is 2. The van der Waals surface area contributed by atoms with E-state index < -0.39 is 11.9 Å². The fourth-order valence-electron chi connectivity index (χ4n) is 2.77. The quantitative estimate of drug-likeness (QED) is 0.521. The molecule has 1 unspecified atom stereocenters. The summed E-state index contributed by atoms with van der Waals surface area (Å²) < 4.78 is 6.44. The maximum absolute atomic E-state index is 12.3. The summed E-state index contributed by atoms with van der Waals surface area (Å²) in [5.41, 5.74) is 1.05. The highest BCUT2D eigenvalue weighted by atomic mass is 32.1. The highest BCUT2D eigenvalue weighted by molar-refractivity contribution is 7.12. The second kappa shape index (κ2) is 7.51. The zero-order valence-electron chi connectivity index (χ0n) is 14.1. The number of nitrogens with zero attached hydrogens (tertiary/aromatic N) is 1. The maximum atomic E-state index is 12.3. The minimum atomic E-state index is -0.643. The normalized spacial score (nSPS) is 12.3. The van der Waals surface area contributed by atoms with Crippen LogP contribution in [0.1, 0.15) is 20.7 Å². The smallest absolute Gasteiger partial charge is 0.408 e. The fraction of sp³-hybridized carbons (Fsp3) is 0.158. The van der Waals surface area contributed by atoms with Gasteiger partial charge in [0.05, 0.1) is 12.1 Å². The molecule has 138 valence electrons. The van der Waals surface area contributed by atoms with Crippen molar-refractivity contribution in [2.45, 2.75) is 19.2 Å². The van der Waals surface area contributed by atoms with E-state index in [1.54, 1.807) is 24.3 Å². The summed E-state index contributed by atoms with van der Waals surface area (Å²) >= 11 is 2.95. The van der Waals surface area contributed by atoms with E-state index in [1.807, 2.05) is 29.6 Å². The van der Waals surface area contributed by atoms with Gasteiger partial charge >= 0.3 is 5.76 Å². The zero-order chi connectivity index (χ0) is 18.8. The van der Waals surface area contributed by atoms with Gasteiger partial charge in [0, 0.05) is 14.6 Å². The Kier molecular flexibility index (Phi) is 4.93. The Labute approximate surface area is 162 Å². The lowest BCUT2D eigenvalue weighted by Gasteiger charge is -2.06. The van der Waals surface area contributed by atoms with E-state index in [0.29, 0.717) is 17.6 Å². The predicted molar refractivity (Wildman–Crippen MR) is 105 cm³/mol. The number of aliphatic hydroxyl groups is 1. The molecule has 0 aliphatic carbocycles. The number of amides is 1. The van der Waals surface area contributed by atoms with Gasteiger partial charge in [-0.25, -0.2) is 4.79 Å². The lowest BCUT2D eigenvalue weighted by Crippen LogP contribution is -2.30. The van der Waals surface area contributed by atoms with E-state index in [1.165, 1.54) is 27.2 Å². The van der Waals surface area contributed by atoms with Crippen molar-refractivity contribution in [3.63, 3.8) is 0 Å². The van der Waals surface area contributed by atoms with Crippen LogP contribution < -0.4 is 11.1 Å². The lowest BCUT2D eigenvalue weighted by atomic mass is 10.2. The van der Waals surface area contributed by atoms with Crippen molar-refractivity contribution in [2.24, 2.45) is 0 Å². The first-order valence-electron chi connectivity index (χ1n) is 8.27. The molecule has 2 N–H and O–H groups in total. The third-order valence-electron chi connectivity index (χ3n) is 4.10. The Bertz CT molecular complexity index is 1120. The Balaban J connectivity index is 1.40. The molecule has 8 heteroatoms. The summed E-state index contributed by atoms with van der Waals surface area (Å²) in [6, 6.07) is 14.5. The second-order valence-electron chi connectivity index (χ2n) is 5.92. The fourth-order valence-corrected chi connectivity index (χ4v) is 4.53. The third kappa shape index (κ3) is 3.73. The number of thiophene rings is 2. The number of rotatable bonds is 6. The average Bonchev–Trinajstić information content (AvgIpc) is 3.41. The van der Waals surface area contributed by atoms with E-state index in [9.17, 15) is 14.7 Å². The maximum Gasteiger partial charge on any atom is 0.420 e. The van der Waals surface area contributed by atoms with Crippen molar-refractivity contribution in [1.82, 2.24) is 9.88 Å². The van der Waals surface area contributed by atoms with Crippen LogP contribution in [0.25, 0.3) is 11.1 Å². The number of oxazole rings is 1. The van der Waals surface area contributed by atoms with E-state index in [2.05, 4.69) is 5.32 Å².